The van der Waals surface area contributed by atoms with E-state index in [9.17, 15) is 4.79 Å². The maximum Gasteiger partial charge on any atom is 0.276 e. The predicted molar refractivity (Wildman–Crippen MR) is 109 cm³/mol. The zero-order chi connectivity index (χ0) is 18.6. The highest BCUT2D eigenvalue weighted by atomic mass is 16.2. The first-order valence-corrected chi connectivity index (χ1v) is 9.41. The van der Waals surface area contributed by atoms with E-state index in [1.54, 1.807) is 6.20 Å². The fourth-order valence-corrected chi connectivity index (χ4v) is 3.61. The summed E-state index contributed by atoms with van der Waals surface area (Å²) in [6.07, 6.45) is 2.63. The number of fused-ring (bicyclic) bond motifs is 1. The van der Waals surface area contributed by atoms with Gasteiger partial charge in [0, 0.05) is 37.2 Å². The highest BCUT2D eigenvalue weighted by Crippen LogP contribution is 2.29. The third-order valence-electron chi connectivity index (χ3n) is 5.06. The van der Waals surface area contributed by atoms with Gasteiger partial charge in [-0.25, -0.2) is 0 Å². The Hall–Kier alpha value is -3.14. The molecule has 1 aliphatic rings. The molecule has 0 radical (unpaired) electrons. The van der Waals surface area contributed by atoms with Crippen LogP contribution >= 0.6 is 0 Å². The number of carbonyl (C=O) groups excluding carboxylic acids is 1. The van der Waals surface area contributed by atoms with E-state index >= 15 is 0 Å². The summed E-state index contributed by atoms with van der Waals surface area (Å²) in [5, 5.41) is 0. The van der Waals surface area contributed by atoms with Crippen LogP contribution in [0, 0.1) is 0 Å². The number of amides is 1. The second-order valence-corrected chi connectivity index (χ2v) is 6.73. The topological polar surface area (TPSA) is 36.4 Å². The number of benzene rings is 2. The standard InChI is InChI=1S/C23H23N3O/c1-2-25(17-18-8-4-3-5-9-18)20-12-14-24-21(16-20)23(27)26-15-13-19-10-6-7-11-22(19)26/h3-12,14,16H,2,13,15,17H2,1H3. The number of pyridine rings is 1. The van der Waals surface area contributed by atoms with Gasteiger partial charge < -0.3 is 9.80 Å². The molecule has 0 saturated carbocycles. The van der Waals surface area contributed by atoms with Gasteiger partial charge in [-0.2, -0.15) is 0 Å². The Labute approximate surface area is 160 Å². The summed E-state index contributed by atoms with van der Waals surface area (Å²) < 4.78 is 0. The molecule has 0 spiro atoms. The van der Waals surface area contributed by atoms with E-state index in [2.05, 4.69) is 47.1 Å². The van der Waals surface area contributed by atoms with Gasteiger partial charge in [0.25, 0.3) is 5.91 Å². The maximum absolute atomic E-state index is 13.1. The van der Waals surface area contributed by atoms with Crippen molar-refractivity contribution in [2.24, 2.45) is 0 Å². The molecule has 0 fully saturated rings. The van der Waals surface area contributed by atoms with Crippen LogP contribution in [0.2, 0.25) is 0 Å². The maximum atomic E-state index is 13.1. The molecular formula is C23H23N3O. The second kappa shape index (κ2) is 7.62. The first-order chi connectivity index (χ1) is 13.3. The first kappa shape index (κ1) is 17.3. The fourth-order valence-electron chi connectivity index (χ4n) is 3.61. The molecule has 2 aromatic carbocycles. The van der Waals surface area contributed by atoms with Crippen LogP contribution in [0.1, 0.15) is 28.5 Å². The Morgan fingerprint density at radius 2 is 1.85 bits per heavy atom. The molecule has 0 bridgehead atoms. The summed E-state index contributed by atoms with van der Waals surface area (Å²) >= 11 is 0. The van der Waals surface area contributed by atoms with E-state index in [0.717, 1.165) is 30.9 Å². The highest BCUT2D eigenvalue weighted by Gasteiger charge is 2.26. The van der Waals surface area contributed by atoms with Crippen molar-refractivity contribution in [2.75, 3.05) is 22.9 Å². The molecule has 0 N–H and O–H groups in total. The lowest BCUT2D eigenvalue weighted by Gasteiger charge is -2.24. The summed E-state index contributed by atoms with van der Waals surface area (Å²) in [5.41, 5.74) is 4.99. The average molecular weight is 357 g/mol. The zero-order valence-electron chi connectivity index (χ0n) is 15.5. The molecule has 0 aliphatic carbocycles. The number of para-hydroxylation sites is 1. The number of nitrogens with zero attached hydrogens (tertiary/aromatic N) is 3. The van der Waals surface area contributed by atoms with Crippen LogP contribution in [0.3, 0.4) is 0 Å². The Bertz CT molecular complexity index is 939. The Morgan fingerprint density at radius 1 is 1.07 bits per heavy atom. The van der Waals surface area contributed by atoms with Crippen molar-refractivity contribution in [3.63, 3.8) is 0 Å². The van der Waals surface area contributed by atoms with Crippen molar-refractivity contribution in [3.8, 4) is 0 Å². The van der Waals surface area contributed by atoms with Crippen LogP contribution in [0.4, 0.5) is 11.4 Å². The first-order valence-electron chi connectivity index (χ1n) is 9.41. The molecule has 3 aromatic rings. The fraction of sp³-hybridized carbons (Fsp3) is 0.217. The predicted octanol–water partition coefficient (Wildman–Crippen LogP) is 4.31. The molecule has 1 aromatic heterocycles. The van der Waals surface area contributed by atoms with Crippen LogP contribution in [-0.2, 0) is 13.0 Å². The van der Waals surface area contributed by atoms with Gasteiger partial charge in [0.2, 0.25) is 0 Å². The minimum atomic E-state index is -0.0300. The zero-order valence-corrected chi connectivity index (χ0v) is 15.5. The van der Waals surface area contributed by atoms with Gasteiger partial charge in [0.05, 0.1) is 0 Å². The van der Waals surface area contributed by atoms with Crippen molar-refractivity contribution in [1.29, 1.82) is 0 Å². The Morgan fingerprint density at radius 3 is 2.67 bits per heavy atom. The molecule has 1 aliphatic heterocycles. The van der Waals surface area contributed by atoms with Crippen molar-refractivity contribution in [3.05, 3.63) is 89.7 Å². The number of aromatic nitrogens is 1. The van der Waals surface area contributed by atoms with Gasteiger partial charge in [-0.15, -0.1) is 0 Å². The van der Waals surface area contributed by atoms with E-state index in [0.29, 0.717) is 12.2 Å². The van der Waals surface area contributed by atoms with Crippen LogP contribution < -0.4 is 9.80 Å². The number of carbonyl (C=O) groups is 1. The lowest BCUT2D eigenvalue weighted by molar-refractivity contribution is 0.0984. The Balaban J connectivity index is 1.58. The molecular weight excluding hydrogens is 334 g/mol. The lowest BCUT2D eigenvalue weighted by atomic mass is 10.2. The third-order valence-corrected chi connectivity index (χ3v) is 5.06. The number of anilines is 2. The molecule has 27 heavy (non-hydrogen) atoms. The largest absolute Gasteiger partial charge is 0.367 e. The van der Waals surface area contributed by atoms with Crippen molar-refractivity contribution in [2.45, 2.75) is 19.9 Å². The highest BCUT2D eigenvalue weighted by molar-refractivity contribution is 6.06. The Kier molecular flexibility index (Phi) is 4.88. The van der Waals surface area contributed by atoms with Crippen molar-refractivity contribution in [1.82, 2.24) is 4.98 Å². The van der Waals surface area contributed by atoms with Gasteiger partial charge in [-0.1, -0.05) is 48.5 Å². The van der Waals surface area contributed by atoms with E-state index in [1.165, 1.54) is 11.1 Å². The molecule has 0 unspecified atom stereocenters. The van der Waals surface area contributed by atoms with E-state index < -0.39 is 0 Å². The molecule has 1 amide bonds. The summed E-state index contributed by atoms with van der Waals surface area (Å²) in [6, 6.07) is 22.4. The van der Waals surface area contributed by atoms with E-state index in [1.807, 2.05) is 41.3 Å². The van der Waals surface area contributed by atoms with Crippen LogP contribution in [0.25, 0.3) is 0 Å². The number of rotatable bonds is 5. The van der Waals surface area contributed by atoms with Crippen molar-refractivity contribution < 1.29 is 4.79 Å². The quantitative estimate of drug-likeness (QED) is 0.683. The van der Waals surface area contributed by atoms with Gasteiger partial charge in [0.1, 0.15) is 5.69 Å². The monoisotopic (exact) mass is 357 g/mol. The van der Waals surface area contributed by atoms with Gasteiger partial charge in [-0.3, -0.25) is 9.78 Å². The van der Waals surface area contributed by atoms with Gasteiger partial charge in [0.15, 0.2) is 0 Å². The normalized spacial score (nSPS) is 12.7. The summed E-state index contributed by atoms with van der Waals surface area (Å²) in [6.45, 7) is 4.51. The summed E-state index contributed by atoms with van der Waals surface area (Å²) in [4.78, 5) is 21.5. The van der Waals surface area contributed by atoms with Crippen LogP contribution in [0.5, 0.6) is 0 Å². The molecule has 0 saturated heterocycles. The lowest BCUT2D eigenvalue weighted by Crippen LogP contribution is -2.30. The number of hydrogen-bond donors (Lipinski definition) is 0. The third kappa shape index (κ3) is 3.56. The van der Waals surface area contributed by atoms with Crippen molar-refractivity contribution >= 4 is 17.3 Å². The summed E-state index contributed by atoms with van der Waals surface area (Å²) in [5.74, 6) is -0.0300. The number of hydrogen-bond acceptors (Lipinski definition) is 3. The second-order valence-electron chi connectivity index (χ2n) is 6.73. The van der Waals surface area contributed by atoms with E-state index in [4.69, 9.17) is 0 Å². The minimum absolute atomic E-state index is 0.0300. The van der Waals surface area contributed by atoms with Crippen LogP contribution in [-0.4, -0.2) is 24.0 Å². The summed E-state index contributed by atoms with van der Waals surface area (Å²) in [7, 11) is 0. The molecule has 0 atom stereocenters. The molecule has 4 rings (SSSR count). The van der Waals surface area contributed by atoms with E-state index in [-0.39, 0.29) is 5.91 Å². The molecule has 4 heteroatoms. The molecule has 2 heterocycles. The minimum Gasteiger partial charge on any atom is -0.367 e. The van der Waals surface area contributed by atoms with Crippen LogP contribution in [0.15, 0.2) is 72.9 Å². The van der Waals surface area contributed by atoms with Gasteiger partial charge >= 0.3 is 0 Å². The smallest absolute Gasteiger partial charge is 0.276 e. The SMILES string of the molecule is CCN(Cc1ccccc1)c1ccnc(C(=O)N2CCc3ccccc32)c1. The molecule has 4 nitrogen and oxygen atoms in total. The van der Waals surface area contributed by atoms with Gasteiger partial charge in [-0.05, 0) is 42.7 Å². The average Bonchev–Trinajstić information content (AvgIpc) is 3.16. The molecule has 136 valence electrons.